The van der Waals surface area contributed by atoms with Gasteiger partial charge in [-0.1, -0.05) is 78.4 Å². The van der Waals surface area contributed by atoms with Crippen molar-refractivity contribution in [2.75, 3.05) is 5.75 Å². The maximum Gasteiger partial charge on any atom is 0.251 e. The van der Waals surface area contributed by atoms with Crippen molar-refractivity contribution in [2.24, 2.45) is 0 Å². The topological polar surface area (TPSA) is 29.1 Å². The summed E-state index contributed by atoms with van der Waals surface area (Å²) in [6.07, 6.45) is 0. The first-order chi connectivity index (χ1) is 12.7. The Morgan fingerprint density at radius 1 is 0.885 bits per heavy atom. The molecule has 3 rings (SSSR count). The van der Waals surface area contributed by atoms with Gasteiger partial charge in [0.05, 0.1) is 6.04 Å². The summed E-state index contributed by atoms with van der Waals surface area (Å²) in [5.74, 6) is 1.73. The van der Waals surface area contributed by atoms with Crippen LogP contribution >= 0.6 is 11.8 Å². The molecular weight excluding hydrogens is 338 g/mol. The Morgan fingerprint density at radius 3 is 2.15 bits per heavy atom. The van der Waals surface area contributed by atoms with Crippen LogP contribution in [-0.4, -0.2) is 11.7 Å². The van der Waals surface area contributed by atoms with E-state index >= 15 is 0 Å². The van der Waals surface area contributed by atoms with Crippen molar-refractivity contribution < 1.29 is 4.79 Å². The first kappa shape index (κ1) is 18.3. The molecule has 0 aliphatic rings. The maximum atomic E-state index is 12.6. The predicted molar refractivity (Wildman–Crippen MR) is 110 cm³/mol. The van der Waals surface area contributed by atoms with Crippen molar-refractivity contribution in [2.45, 2.75) is 18.7 Å². The molecule has 3 aromatic rings. The molecule has 0 bridgehead atoms. The highest BCUT2D eigenvalue weighted by Crippen LogP contribution is 2.22. The number of hydrogen-bond donors (Lipinski definition) is 1. The van der Waals surface area contributed by atoms with E-state index in [0.717, 1.165) is 17.1 Å². The number of carbonyl (C=O) groups excluding carboxylic acids is 1. The molecule has 3 aromatic carbocycles. The molecule has 0 fully saturated rings. The molecule has 0 heterocycles. The summed E-state index contributed by atoms with van der Waals surface area (Å²) in [7, 11) is 0. The van der Waals surface area contributed by atoms with Crippen LogP contribution in [0.5, 0.6) is 0 Å². The molecule has 0 saturated heterocycles. The van der Waals surface area contributed by atoms with Gasteiger partial charge in [0.25, 0.3) is 5.91 Å². The van der Waals surface area contributed by atoms with E-state index < -0.39 is 0 Å². The van der Waals surface area contributed by atoms with E-state index in [4.69, 9.17) is 0 Å². The predicted octanol–water partition coefficient (Wildman–Crippen LogP) is 5.40. The third kappa shape index (κ3) is 5.24. The number of rotatable bonds is 7. The quantitative estimate of drug-likeness (QED) is 0.610. The molecule has 26 heavy (non-hydrogen) atoms. The van der Waals surface area contributed by atoms with Gasteiger partial charge in [0.1, 0.15) is 0 Å². The molecule has 0 aliphatic heterocycles. The van der Waals surface area contributed by atoms with Gasteiger partial charge in [-0.2, -0.15) is 11.8 Å². The Morgan fingerprint density at radius 2 is 1.50 bits per heavy atom. The van der Waals surface area contributed by atoms with Crippen molar-refractivity contribution in [1.29, 1.82) is 0 Å². The summed E-state index contributed by atoms with van der Waals surface area (Å²) in [6, 6.07) is 28.2. The van der Waals surface area contributed by atoms with Crippen LogP contribution in [0.1, 0.15) is 33.1 Å². The number of carbonyl (C=O) groups is 1. The molecule has 1 amide bonds. The first-order valence-corrected chi connectivity index (χ1v) is 9.92. The van der Waals surface area contributed by atoms with Crippen LogP contribution in [0.2, 0.25) is 0 Å². The van der Waals surface area contributed by atoms with Gasteiger partial charge in [0.2, 0.25) is 0 Å². The van der Waals surface area contributed by atoms with E-state index in [2.05, 4.69) is 48.6 Å². The van der Waals surface area contributed by atoms with E-state index in [-0.39, 0.29) is 11.9 Å². The molecule has 0 aliphatic carbocycles. The van der Waals surface area contributed by atoms with E-state index in [0.29, 0.717) is 5.56 Å². The third-order valence-corrected chi connectivity index (χ3v) is 5.32. The van der Waals surface area contributed by atoms with Crippen LogP contribution in [0.15, 0.2) is 84.9 Å². The molecular formula is C23H23NOS. The van der Waals surface area contributed by atoms with E-state index in [1.807, 2.05) is 60.3 Å². The van der Waals surface area contributed by atoms with Crippen molar-refractivity contribution in [3.8, 4) is 0 Å². The zero-order valence-corrected chi connectivity index (χ0v) is 15.7. The first-order valence-electron chi connectivity index (χ1n) is 8.76. The van der Waals surface area contributed by atoms with Gasteiger partial charge in [-0.25, -0.2) is 0 Å². The van der Waals surface area contributed by atoms with Gasteiger partial charge in [-0.15, -0.1) is 0 Å². The summed E-state index contributed by atoms with van der Waals surface area (Å²) in [5.41, 5.74) is 4.41. The largest absolute Gasteiger partial charge is 0.344 e. The average molecular weight is 362 g/mol. The highest BCUT2D eigenvalue weighted by atomic mass is 32.2. The lowest BCUT2D eigenvalue weighted by Crippen LogP contribution is -2.30. The van der Waals surface area contributed by atoms with Crippen molar-refractivity contribution >= 4 is 17.7 Å². The summed E-state index contributed by atoms with van der Waals surface area (Å²) in [4.78, 5) is 12.6. The van der Waals surface area contributed by atoms with Gasteiger partial charge in [0, 0.05) is 17.1 Å². The second-order valence-electron chi connectivity index (χ2n) is 6.30. The minimum absolute atomic E-state index is 0.0145. The highest BCUT2D eigenvalue weighted by Gasteiger charge is 2.15. The second-order valence-corrected chi connectivity index (χ2v) is 7.33. The number of amides is 1. The summed E-state index contributed by atoms with van der Waals surface area (Å²) in [5, 5.41) is 3.19. The number of benzene rings is 3. The number of hydrogen-bond acceptors (Lipinski definition) is 2. The van der Waals surface area contributed by atoms with E-state index in [1.165, 1.54) is 11.1 Å². The Labute approximate surface area is 159 Å². The zero-order valence-electron chi connectivity index (χ0n) is 14.9. The van der Waals surface area contributed by atoms with Crippen LogP contribution in [-0.2, 0) is 5.75 Å². The monoisotopic (exact) mass is 361 g/mol. The van der Waals surface area contributed by atoms with Gasteiger partial charge < -0.3 is 5.32 Å². The fraction of sp³-hybridized carbons (Fsp3) is 0.174. The highest BCUT2D eigenvalue weighted by molar-refractivity contribution is 7.98. The van der Waals surface area contributed by atoms with Gasteiger partial charge in [-0.3, -0.25) is 4.79 Å². The van der Waals surface area contributed by atoms with Crippen LogP contribution < -0.4 is 5.32 Å². The third-order valence-electron chi connectivity index (χ3n) is 4.22. The standard InChI is InChI=1S/C23H23NOS/c1-18-12-14-19(15-13-18)16-26-17-22(20-8-4-2-5-9-20)24-23(25)21-10-6-3-7-11-21/h2-15,22H,16-17H2,1H3,(H,24,25). The SMILES string of the molecule is Cc1ccc(CSCC(NC(=O)c2ccccc2)c2ccccc2)cc1. The van der Waals surface area contributed by atoms with Crippen LogP contribution in [0.25, 0.3) is 0 Å². The smallest absolute Gasteiger partial charge is 0.251 e. The molecule has 0 saturated carbocycles. The molecule has 132 valence electrons. The molecule has 1 N–H and O–H groups in total. The van der Waals surface area contributed by atoms with E-state index in [9.17, 15) is 4.79 Å². The molecule has 0 aromatic heterocycles. The Balaban J connectivity index is 1.65. The molecule has 0 radical (unpaired) electrons. The molecule has 2 nitrogen and oxygen atoms in total. The minimum atomic E-state index is -0.0320. The zero-order chi connectivity index (χ0) is 18.2. The number of aryl methyl sites for hydroxylation is 1. The molecule has 1 atom stereocenters. The Hall–Kier alpha value is -2.52. The van der Waals surface area contributed by atoms with Crippen molar-refractivity contribution in [3.63, 3.8) is 0 Å². The molecule has 1 unspecified atom stereocenters. The van der Waals surface area contributed by atoms with Crippen molar-refractivity contribution in [3.05, 3.63) is 107 Å². The summed E-state index contributed by atoms with van der Waals surface area (Å²) < 4.78 is 0. The number of nitrogens with one attached hydrogen (secondary N) is 1. The summed E-state index contributed by atoms with van der Waals surface area (Å²) in [6.45, 7) is 2.10. The van der Waals surface area contributed by atoms with Crippen molar-refractivity contribution in [1.82, 2.24) is 5.32 Å². The molecule has 3 heteroatoms. The maximum absolute atomic E-state index is 12.6. The molecule has 0 spiro atoms. The average Bonchev–Trinajstić information content (AvgIpc) is 2.70. The van der Waals surface area contributed by atoms with Gasteiger partial charge >= 0.3 is 0 Å². The number of thioether (sulfide) groups is 1. The van der Waals surface area contributed by atoms with Gasteiger partial charge in [0.15, 0.2) is 0 Å². The second kappa shape index (κ2) is 9.25. The van der Waals surface area contributed by atoms with Crippen LogP contribution in [0, 0.1) is 6.92 Å². The van der Waals surface area contributed by atoms with Gasteiger partial charge in [-0.05, 0) is 30.2 Å². The lowest BCUT2D eigenvalue weighted by molar-refractivity contribution is 0.0940. The fourth-order valence-corrected chi connectivity index (χ4v) is 3.77. The fourth-order valence-electron chi connectivity index (χ4n) is 2.72. The Kier molecular flexibility index (Phi) is 6.50. The van der Waals surface area contributed by atoms with E-state index in [1.54, 1.807) is 0 Å². The van der Waals surface area contributed by atoms with Crippen LogP contribution in [0.4, 0.5) is 0 Å². The lowest BCUT2D eigenvalue weighted by Gasteiger charge is -2.19. The normalized spacial score (nSPS) is 11.7. The minimum Gasteiger partial charge on any atom is -0.344 e. The lowest BCUT2D eigenvalue weighted by atomic mass is 10.1. The Bertz CT molecular complexity index is 816. The summed E-state index contributed by atoms with van der Waals surface area (Å²) >= 11 is 1.84. The van der Waals surface area contributed by atoms with Crippen LogP contribution in [0.3, 0.4) is 0 Å².